The third-order valence-corrected chi connectivity index (χ3v) is 4.69. The number of benzene rings is 1. The summed E-state index contributed by atoms with van der Waals surface area (Å²) in [6, 6.07) is 10.6. The van der Waals surface area contributed by atoms with E-state index in [1.54, 1.807) is 0 Å². The van der Waals surface area contributed by atoms with Crippen molar-refractivity contribution in [2.45, 2.75) is 39.7 Å². The van der Waals surface area contributed by atoms with Gasteiger partial charge in [-0.25, -0.2) is 9.98 Å². The maximum Gasteiger partial charge on any atom is 0.216 e. The number of oxazole rings is 1. The van der Waals surface area contributed by atoms with Crippen LogP contribution in [0.4, 0.5) is 5.69 Å². The van der Waals surface area contributed by atoms with E-state index in [0.717, 1.165) is 44.4 Å². The zero-order valence-electron chi connectivity index (χ0n) is 16.9. The summed E-state index contributed by atoms with van der Waals surface area (Å²) in [4.78, 5) is 13.9. The van der Waals surface area contributed by atoms with E-state index < -0.39 is 0 Å². The van der Waals surface area contributed by atoms with Gasteiger partial charge in [0.25, 0.3) is 0 Å². The molecule has 0 bridgehead atoms. The number of para-hydroxylation sites is 1. The van der Waals surface area contributed by atoms with Gasteiger partial charge >= 0.3 is 0 Å². The van der Waals surface area contributed by atoms with Gasteiger partial charge in [-0.05, 0) is 19.1 Å². The summed E-state index contributed by atoms with van der Waals surface area (Å²) in [7, 11) is 0. The molecule has 27 heavy (non-hydrogen) atoms. The van der Waals surface area contributed by atoms with Crippen LogP contribution < -0.4 is 10.2 Å². The van der Waals surface area contributed by atoms with Crippen LogP contribution in [-0.4, -0.2) is 48.6 Å². The Morgan fingerprint density at radius 3 is 2.44 bits per heavy atom. The van der Waals surface area contributed by atoms with Gasteiger partial charge in [0.1, 0.15) is 12.3 Å². The van der Waals surface area contributed by atoms with Crippen molar-refractivity contribution in [3.05, 3.63) is 48.2 Å². The predicted octanol–water partition coefficient (Wildman–Crippen LogP) is 3.26. The Labute approximate surface area is 162 Å². The maximum atomic E-state index is 5.87. The Morgan fingerprint density at radius 2 is 1.85 bits per heavy atom. The van der Waals surface area contributed by atoms with Crippen LogP contribution in [0.25, 0.3) is 0 Å². The quantitative estimate of drug-likeness (QED) is 0.662. The molecule has 1 saturated heterocycles. The molecule has 0 amide bonds. The predicted molar refractivity (Wildman–Crippen MR) is 110 cm³/mol. The minimum absolute atomic E-state index is 0.0345. The lowest BCUT2D eigenvalue weighted by Crippen LogP contribution is -2.52. The molecule has 1 fully saturated rings. The van der Waals surface area contributed by atoms with Crippen molar-refractivity contribution in [2.75, 3.05) is 37.6 Å². The second-order valence-corrected chi connectivity index (χ2v) is 7.85. The minimum Gasteiger partial charge on any atom is -0.443 e. The highest BCUT2D eigenvalue weighted by atomic mass is 16.4. The summed E-state index contributed by atoms with van der Waals surface area (Å²) in [6.45, 7) is 13.6. The summed E-state index contributed by atoms with van der Waals surface area (Å²) in [5, 5.41) is 3.40. The molecule has 0 radical (unpaired) electrons. The van der Waals surface area contributed by atoms with Gasteiger partial charge in [0, 0.05) is 43.8 Å². The number of anilines is 1. The fraction of sp³-hybridized carbons (Fsp3) is 0.524. The van der Waals surface area contributed by atoms with Crippen molar-refractivity contribution >= 4 is 11.6 Å². The van der Waals surface area contributed by atoms with Crippen molar-refractivity contribution in [3.8, 4) is 0 Å². The number of rotatable bonds is 4. The number of aromatic nitrogens is 1. The van der Waals surface area contributed by atoms with E-state index in [-0.39, 0.29) is 5.41 Å². The maximum absolute atomic E-state index is 5.87. The van der Waals surface area contributed by atoms with Gasteiger partial charge < -0.3 is 19.5 Å². The molecule has 0 atom stereocenters. The third kappa shape index (κ3) is 5.02. The van der Waals surface area contributed by atoms with Crippen molar-refractivity contribution in [2.24, 2.45) is 4.99 Å². The lowest BCUT2D eigenvalue weighted by molar-refractivity contribution is 0.367. The van der Waals surface area contributed by atoms with E-state index in [2.05, 4.69) is 78.1 Å². The summed E-state index contributed by atoms with van der Waals surface area (Å²) in [5.74, 6) is 2.49. The minimum atomic E-state index is -0.0345. The van der Waals surface area contributed by atoms with Crippen LogP contribution in [0.1, 0.15) is 39.3 Å². The highest BCUT2D eigenvalue weighted by Gasteiger charge is 2.21. The first-order valence-electron chi connectivity index (χ1n) is 9.76. The summed E-state index contributed by atoms with van der Waals surface area (Å²) in [6.07, 6.45) is 1.82. The second kappa shape index (κ2) is 8.46. The van der Waals surface area contributed by atoms with Crippen LogP contribution in [0.5, 0.6) is 0 Å². The smallest absolute Gasteiger partial charge is 0.216 e. The van der Waals surface area contributed by atoms with Crippen LogP contribution in [0.15, 0.2) is 45.9 Å². The first-order chi connectivity index (χ1) is 13.0. The van der Waals surface area contributed by atoms with Gasteiger partial charge in [0.15, 0.2) is 5.96 Å². The molecule has 1 aliphatic rings. The fourth-order valence-electron chi connectivity index (χ4n) is 3.11. The molecule has 146 valence electrons. The molecule has 0 aliphatic carbocycles. The number of hydrogen-bond donors (Lipinski definition) is 1. The Morgan fingerprint density at radius 1 is 1.15 bits per heavy atom. The zero-order chi connectivity index (χ0) is 19.3. The molecule has 0 spiro atoms. The molecule has 1 aromatic carbocycles. The van der Waals surface area contributed by atoms with Gasteiger partial charge in [-0.1, -0.05) is 39.0 Å². The molecular formula is C21H31N5O. The van der Waals surface area contributed by atoms with Crippen LogP contribution in [-0.2, 0) is 12.0 Å². The number of piperazine rings is 1. The van der Waals surface area contributed by atoms with Crippen molar-refractivity contribution in [1.29, 1.82) is 0 Å². The van der Waals surface area contributed by atoms with E-state index in [1.807, 2.05) is 6.20 Å². The molecule has 0 unspecified atom stereocenters. The normalized spacial score (nSPS) is 15.9. The van der Waals surface area contributed by atoms with E-state index >= 15 is 0 Å². The van der Waals surface area contributed by atoms with E-state index in [1.165, 1.54) is 5.69 Å². The molecule has 1 aliphatic heterocycles. The standard InChI is InChI=1S/C21H31N5O/c1-5-22-20(24-16-19-23-15-18(27-19)21(2,3)4)26-13-11-25(12-14-26)17-9-7-6-8-10-17/h6-10,15H,5,11-14,16H2,1-4H3,(H,22,24). The molecule has 1 N–H and O–H groups in total. The van der Waals surface area contributed by atoms with Crippen LogP contribution in [0, 0.1) is 0 Å². The van der Waals surface area contributed by atoms with Gasteiger partial charge in [-0.3, -0.25) is 0 Å². The average molecular weight is 370 g/mol. The van der Waals surface area contributed by atoms with Gasteiger partial charge in [0.2, 0.25) is 5.89 Å². The molecular weight excluding hydrogens is 338 g/mol. The lowest BCUT2D eigenvalue weighted by atomic mass is 9.94. The van der Waals surface area contributed by atoms with Crippen LogP contribution in [0.3, 0.4) is 0 Å². The zero-order valence-corrected chi connectivity index (χ0v) is 16.9. The topological polar surface area (TPSA) is 56.9 Å². The van der Waals surface area contributed by atoms with Crippen molar-refractivity contribution in [3.63, 3.8) is 0 Å². The monoisotopic (exact) mass is 369 g/mol. The fourth-order valence-corrected chi connectivity index (χ4v) is 3.11. The van der Waals surface area contributed by atoms with Gasteiger partial charge in [-0.15, -0.1) is 0 Å². The van der Waals surface area contributed by atoms with E-state index in [9.17, 15) is 0 Å². The van der Waals surface area contributed by atoms with Gasteiger partial charge in [-0.2, -0.15) is 0 Å². The molecule has 6 nitrogen and oxygen atoms in total. The number of hydrogen-bond acceptors (Lipinski definition) is 4. The highest BCUT2D eigenvalue weighted by molar-refractivity contribution is 5.80. The largest absolute Gasteiger partial charge is 0.443 e. The first-order valence-corrected chi connectivity index (χ1v) is 9.76. The highest BCUT2D eigenvalue weighted by Crippen LogP contribution is 2.23. The molecule has 1 aromatic heterocycles. The third-order valence-electron chi connectivity index (χ3n) is 4.69. The van der Waals surface area contributed by atoms with Crippen LogP contribution in [0.2, 0.25) is 0 Å². The molecule has 3 rings (SSSR count). The summed E-state index contributed by atoms with van der Waals surface area (Å²) in [5.41, 5.74) is 1.25. The first kappa shape index (κ1) is 19.3. The summed E-state index contributed by atoms with van der Waals surface area (Å²) >= 11 is 0. The second-order valence-electron chi connectivity index (χ2n) is 7.85. The molecule has 0 saturated carbocycles. The van der Waals surface area contributed by atoms with Crippen molar-refractivity contribution in [1.82, 2.24) is 15.2 Å². The van der Waals surface area contributed by atoms with Crippen LogP contribution >= 0.6 is 0 Å². The Kier molecular flexibility index (Phi) is 6.04. The van der Waals surface area contributed by atoms with Crippen molar-refractivity contribution < 1.29 is 4.42 Å². The van der Waals surface area contributed by atoms with Gasteiger partial charge in [0.05, 0.1) is 6.20 Å². The number of guanidine groups is 1. The van der Waals surface area contributed by atoms with E-state index in [0.29, 0.717) is 12.4 Å². The Hall–Kier alpha value is -2.50. The Bertz CT molecular complexity index is 739. The number of nitrogens with zero attached hydrogens (tertiary/aromatic N) is 4. The molecule has 2 aromatic rings. The average Bonchev–Trinajstić information content (AvgIpc) is 3.16. The lowest BCUT2D eigenvalue weighted by Gasteiger charge is -2.37. The molecule has 6 heteroatoms. The SMILES string of the molecule is CCNC(=NCc1ncc(C(C)(C)C)o1)N1CCN(c2ccccc2)CC1. The van der Waals surface area contributed by atoms with E-state index in [4.69, 9.17) is 9.41 Å². The number of nitrogens with one attached hydrogen (secondary N) is 1. The number of aliphatic imine (C=N–C) groups is 1. The Balaban J connectivity index is 1.62. The summed E-state index contributed by atoms with van der Waals surface area (Å²) < 4.78 is 5.87. The molecule has 2 heterocycles.